The van der Waals surface area contributed by atoms with Crippen LogP contribution in [0.5, 0.6) is 11.5 Å². The van der Waals surface area contributed by atoms with Crippen LogP contribution in [-0.2, 0) is 16.1 Å². The van der Waals surface area contributed by atoms with E-state index < -0.39 is 5.97 Å². The summed E-state index contributed by atoms with van der Waals surface area (Å²) < 4.78 is 28.5. The second-order valence-corrected chi connectivity index (χ2v) is 5.53. The van der Waals surface area contributed by atoms with E-state index in [0.29, 0.717) is 22.6 Å². The van der Waals surface area contributed by atoms with Gasteiger partial charge in [0.05, 0.1) is 19.8 Å². The number of carbonyl (C=O) groups is 2. The van der Waals surface area contributed by atoms with Crippen molar-refractivity contribution in [2.75, 3.05) is 27.9 Å². The van der Waals surface area contributed by atoms with Crippen LogP contribution in [0.4, 0.5) is 4.39 Å². The highest BCUT2D eigenvalue weighted by molar-refractivity contribution is 5.90. The Morgan fingerprint density at radius 3 is 2.50 bits per heavy atom. The molecule has 0 bridgehead atoms. The normalized spacial score (nSPS) is 10.2. The molecule has 0 aliphatic carbocycles. The molecule has 0 radical (unpaired) electrons. The van der Waals surface area contributed by atoms with Crippen LogP contribution < -0.4 is 9.47 Å². The van der Waals surface area contributed by atoms with Gasteiger partial charge in [0.15, 0.2) is 18.1 Å². The molecule has 0 saturated heterocycles. The zero-order valence-corrected chi connectivity index (χ0v) is 14.8. The number of halogens is 1. The summed E-state index contributed by atoms with van der Waals surface area (Å²) in [5, 5.41) is 0. The number of amides is 1. The molecule has 26 heavy (non-hydrogen) atoms. The summed E-state index contributed by atoms with van der Waals surface area (Å²) in [6.45, 7) is 0.0398. The molecule has 1 amide bonds. The van der Waals surface area contributed by atoms with E-state index in [1.54, 1.807) is 19.2 Å². The molecular formula is C19H20FNO5. The minimum atomic E-state index is -0.499. The van der Waals surface area contributed by atoms with Gasteiger partial charge in [-0.15, -0.1) is 0 Å². The van der Waals surface area contributed by atoms with Gasteiger partial charge in [0.2, 0.25) is 0 Å². The lowest BCUT2D eigenvalue weighted by molar-refractivity contribution is -0.132. The molecular weight excluding hydrogens is 341 g/mol. The smallest absolute Gasteiger partial charge is 0.337 e. The van der Waals surface area contributed by atoms with Crippen LogP contribution in [0, 0.1) is 5.82 Å². The maximum Gasteiger partial charge on any atom is 0.337 e. The molecule has 0 N–H and O–H groups in total. The molecule has 2 rings (SSSR count). The SMILES string of the molecule is COC(=O)c1ccc(OCC(=O)N(C)Cc2cccc(F)c2)c(OC)c1. The zero-order valence-electron chi connectivity index (χ0n) is 14.8. The molecule has 0 fully saturated rings. The average Bonchev–Trinajstić information content (AvgIpc) is 2.65. The average molecular weight is 361 g/mol. The number of rotatable bonds is 7. The van der Waals surface area contributed by atoms with E-state index in [1.165, 1.54) is 49.5 Å². The molecule has 0 aliphatic rings. The Kier molecular flexibility index (Phi) is 6.54. The standard InChI is InChI=1S/C19H20FNO5/c1-21(11-13-5-4-6-15(20)9-13)18(22)12-26-16-8-7-14(19(23)25-3)10-17(16)24-2/h4-10H,11-12H2,1-3H3. The third-order valence-corrected chi connectivity index (χ3v) is 3.67. The molecule has 2 aromatic carbocycles. The predicted molar refractivity (Wildman–Crippen MR) is 92.7 cm³/mol. The van der Waals surface area contributed by atoms with E-state index in [0.717, 1.165) is 0 Å². The Hall–Kier alpha value is -3.09. The van der Waals surface area contributed by atoms with Gasteiger partial charge in [-0.1, -0.05) is 12.1 Å². The Labute approximate surface area is 151 Å². The summed E-state index contributed by atoms with van der Waals surface area (Å²) >= 11 is 0. The van der Waals surface area contributed by atoms with Gasteiger partial charge in [-0.2, -0.15) is 0 Å². The molecule has 0 aliphatic heterocycles. The molecule has 6 nitrogen and oxygen atoms in total. The Morgan fingerprint density at radius 1 is 1.08 bits per heavy atom. The topological polar surface area (TPSA) is 65.1 Å². The number of benzene rings is 2. The fourth-order valence-corrected chi connectivity index (χ4v) is 2.28. The highest BCUT2D eigenvalue weighted by atomic mass is 19.1. The maximum atomic E-state index is 13.2. The van der Waals surface area contributed by atoms with E-state index in [9.17, 15) is 14.0 Å². The van der Waals surface area contributed by atoms with E-state index in [1.807, 2.05) is 0 Å². The van der Waals surface area contributed by atoms with Crippen molar-refractivity contribution in [3.8, 4) is 11.5 Å². The summed E-state index contributed by atoms with van der Waals surface area (Å²) in [7, 11) is 4.32. The van der Waals surface area contributed by atoms with Gasteiger partial charge in [-0.3, -0.25) is 4.79 Å². The van der Waals surface area contributed by atoms with Crippen LogP contribution in [0.15, 0.2) is 42.5 Å². The van der Waals surface area contributed by atoms with Gasteiger partial charge < -0.3 is 19.1 Å². The molecule has 0 atom stereocenters. The number of hydrogen-bond donors (Lipinski definition) is 0. The molecule has 0 saturated carbocycles. The van der Waals surface area contributed by atoms with Crippen LogP contribution in [0.1, 0.15) is 15.9 Å². The van der Waals surface area contributed by atoms with Crippen LogP contribution in [-0.4, -0.2) is 44.7 Å². The molecule has 0 heterocycles. The van der Waals surface area contributed by atoms with Gasteiger partial charge in [0.1, 0.15) is 5.82 Å². The lowest BCUT2D eigenvalue weighted by atomic mass is 10.2. The van der Waals surface area contributed by atoms with Crippen molar-refractivity contribution < 1.29 is 28.2 Å². The number of likely N-dealkylation sites (N-methyl/N-ethyl adjacent to an activating group) is 1. The third-order valence-electron chi connectivity index (χ3n) is 3.67. The van der Waals surface area contributed by atoms with Gasteiger partial charge in [0, 0.05) is 13.6 Å². The molecule has 2 aromatic rings. The number of ether oxygens (including phenoxy) is 3. The molecule has 0 spiro atoms. The van der Waals surface area contributed by atoms with Crippen LogP contribution in [0.2, 0.25) is 0 Å². The summed E-state index contributed by atoms with van der Waals surface area (Å²) in [6.07, 6.45) is 0. The zero-order chi connectivity index (χ0) is 19.1. The first-order chi connectivity index (χ1) is 12.4. The van der Waals surface area contributed by atoms with Crippen molar-refractivity contribution >= 4 is 11.9 Å². The molecule has 7 heteroatoms. The number of methoxy groups -OCH3 is 2. The Morgan fingerprint density at radius 2 is 1.85 bits per heavy atom. The molecule has 138 valence electrons. The second-order valence-electron chi connectivity index (χ2n) is 5.53. The minimum absolute atomic E-state index is 0.222. The van der Waals surface area contributed by atoms with E-state index in [2.05, 4.69) is 4.74 Å². The number of esters is 1. The largest absolute Gasteiger partial charge is 0.493 e. The molecule has 0 unspecified atom stereocenters. The third kappa shape index (κ3) is 4.95. The van der Waals surface area contributed by atoms with Crippen molar-refractivity contribution in [1.29, 1.82) is 0 Å². The maximum absolute atomic E-state index is 13.2. The van der Waals surface area contributed by atoms with E-state index >= 15 is 0 Å². The summed E-state index contributed by atoms with van der Waals surface area (Å²) in [5.74, 6) is -0.495. The van der Waals surface area contributed by atoms with Gasteiger partial charge in [0.25, 0.3) is 5.91 Å². The van der Waals surface area contributed by atoms with Gasteiger partial charge in [-0.05, 0) is 35.9 Å². The van der Waals surface area contributed by atoms with E-state index in [-0.39, 0.29) is 24.9 Å². The molecule has 0 aromatic heterocycles. The number of nitrogens with zero attached hydrogens (tertiary/aromatic N) is 1. The Bertz CT molecular complexity index is 793. The first kappa shape index (κ1) is 19.2. The quantitative estimate of drug-likeness (QED) is 0.710. The van der Waals surface area contributed by atoms with Crippen molar-refractivity contribution in [2.24, 2.45) is 0 Å². The number of hydrogen-bond acceptors (Lipinski definition) is 5. The fourth-order valence-electron chi connectivity index (χ4n) is 2.28. The van der Waals surface area contributed by atoms with Gasteiger partial charge in [-0.25, -0.2) is 9.18 Å². The summed E-state index contributed by atoms with van der Waals surface area (Å²) in [4.78, 5) is 25.2. The lowest BCUT2D eigenvalue weighted by Gasteiger charge is -2.18. The van der Waals surface area contributed by atoms with Crippen molar-refractivity contribution in [1.82, 2.24) is 4.90 Å². The predicted octanol–water partition coefficient (Wildman–Crippen LogP) is 2.66. The van der Waals surface area contributed by atoms with Crippen LogP contribution in [0.25, 0.3) is 0 Å². The van der Waals surface area contributed by atoms with Crippen molar-refractivity contribution in [3.63, 3.8) is 0 Å². The monoisotopic (exact) mass is 361 g/mol. The second kappa shape index (κ2) is 8.84. The minimum Gasteiger partial charge on any atom is -0.493 e. The first-order valence-corrected chi connectivity index (χ1v) is 7.82. The summed E-state index contributed by atoms with van der Waals surface area (Å²) in [5.41, 5.74) is 0.993. The first-order valence-electron chi connectivity index (χ1n) is 7.82. The van der Waals surface area contributed by atoms with Gasteiger partial charge >= 0.3 is 5.97 Å². The lowest BCUT2D eigenvalue weighted by Crippen LogP contribution is -2.31. The highest BCUT2D eigenvalue weighted by Gasteiger charge is 2.15. The fraction of sp³-hybridized carbons (Fsp3) is 0.263. The number of carbonyl (C=O) groups excluding carboxylic acids is 2. The van der Waals surface area contributed by atoms with Crippen molar-refractivity contribution in [3.05, 3.63) is 59.4 Å². The van der Waals surface area contributed by atoms with Crippen LogP contribution in [0.3, 0.4) is 0 Å². The highest BCUT2D eigenvalue weighted by Crippen LogP contribution is 2.28. The van der Waals surface area contributed by atoms with Crippen LogP contribution >= 0.6 is 0 Å². The van der Waals surface area contributed by atoms with Crippen molar-refractivity contribution in [2.45, 2.75) is 6.54 Å². The van der Waals surface area contributed by atoms with E-state index in [4.69, 9.17) is 9.47 Å². The Balaban J connectivity index is 1.98. The summed E-state index contributed by atoms with van der Waals surface area (Å²) in [6, 6.07) is 10.6.